The maximum atomic E-state index is 13.6. The van der Waals surface area contributed by atoms with Crippen molar-refractivity contribution in [2.45, 2.75) is 127 Å². The van der Waals surface area contributed by atoms with E-state index in [0.29, 0.717) is 11.8 Å². The van der Waals surface area contributed by atoms with E-state index < -0.39 is 17.7 Å². The monoisotopic (exact) mass is 513 g/mol. The molecule has 2 saturated carbocycles. The second kappa shape index (κ2) is 14.1. The lowest BCUT2D eigenvalue weighted by Gasteiger charge is -2.37. The van der Waals surface area contributed by atoms with Crippen LogP contribution in [-0.2, 0) is 0 Å². The highest BCUT2D eigenvalue weighted by atomic mass is 28.3. The van der Waals surface area contributed by atoms with Crippen molar-refractivity contribution in [1.29, 1.82) is 0 Å². The SMILES string of the molecule is CCCCC[Si]1CCC(C2CCC(CC(O)C#CC3CCC(c4ccc(F)c(F)c4)CC3)CC2)CC1. The molecule has 199 valence electrons. The molecule has 0 amide bonds. The van der Waals surface area contributed by atoms with Crippen LogP contribution >= 0.6 is 0 Å². The molecule has 1 heterocycles. The fraction of sp³-hybridized carbons (Fsp3) is 0.750. The number of benzene rings is 1. The highest BCUT2D eigenvalue weighted by Crippen LogP contribution is 2.42. The van der Waals surface area contributed by atoms with Crippen molar-refractivity contribution >= 4 is 8.80 Å². The summed E-state index contributed by atoms with van der Waals surface area (Å²) in [5.41, 5.74) is 0.900. The molecule has 1 radical (unpaired) electrons. The summed E-state index contributed by atoms with van der Waals surface area (Å²) < 4.78 is 26.8. The molecule has 36 heavy (non-hydrogen) atoms. The minimum atomic E-state index is -0.776. The molecule has 1 unspecified atom stereocenters. The topological polar surface area (TPSA) is 20.2 Å². The molecule has 3 fully saturated rings. The predicted octanol–water partition coefficient (Wildman–Crippen LogP) is 8.89. The minimum Gasteiger partial charge on any atom is -0.380 e. The van der Waals surface area contributed by atoms with E-state index in [2.05, 4.69) is 18.8 Å². The van der Waals surface area contributed by atoms with Gasteiger partial charge in [-0.15, -0.1) is 0 Å². The number of hydrogen-bond acceptors (Lipinski definition) is 1. The molecule has 4 heteroatoms. The quantitative estimate of drug-likeness (QED) is 0.209. The van der Waals surface area contributed by atoms with Crippen LogP contribution in [0.4, 0.5) is 8.78 Å². The Morgan fingerprint density at radius 3 is 2.25 bits per heavy atom. The van der Waals surface area contributed by atoms with Crippen molar-refractivity contribution in [3.05, 3.63) is 35.4 Å². The third-order valence-electron chi connectivity index (χ3n) is 9.58. The molecule has 1 saturated heterocycles. The molecule has 4 rings (SSSR count). The van der Waals surface area contributed by atoms with Gasteiger partial charge >= 0.3 is 0 Å². The zero-order valence-corrected chi connectivity index (χ0v) is 23.4. The van der Waals surface area contributed by atoms with Crippen molar-refractivity contribution < 1.29 is 13.9 Å². The van der Waals surface area contributed by atoms with E-state index >= 15 is 0 Å². The number of aliphatic hydroxyl groups is 1. The van der Waals surface area contributed by atoms with Gasteiger partial charge < -0.3 is 5.11 Å². The summed E-state index contributed by atoms with van der Waals surface area (Å²) in [6.07, 6.45) is 16.7. The number of unbranched alkanes of at least 4 members (excludes halogenated alkanes) is 2. The van der Waals surface area contributed by atoms with Crippen LogP contribution in [0.15, 0.2) is 18.2 Å². The lowest BCUT2D eigenvalue weighted by Crippen LogP contribution is -2.29. The Labute approximate surface area is 220 Å². The van der Waals surface area contributed by atoms with Crippen LogP contribution < -0.4 is 0 Å². The Morgan fingerprint density at radius 2 is 1.58 bits per heavy atom. The summed E-state index contributed by atoms with van der Waals surface area (Å²) >= 11 is 0. The summed E-state index contributed by atoms with van der Waals surface area (Å²) in [6, 6.07) is 9.00. The standard InChI is InChI=1S/C32H47F2OSi/c1-2-3-4-19-36-20-17-28(18-21-36)26-12-7-25(8-13-26)22-30(35)15-9-24-5-10-27(11-6-24)29-14-16-31(33)32(34)23-29/h14,16,23-28,30,35H,2-8,10-13,17-22H2,1H3. The molecular weight excluding hydrogens is 466 g/mol. The van der Waals surface area contributed by atoms with Gasteiger partial charge in [-0.2, -0.15) is 0 Å². The lowest BCUT2D eigenvalue weighted by molar-refractivity contribution is 0.142. The zero-order chi connectivity index (χ0) is 25.3. The molecule has 1 aromatic carbocycles. The molecule has 2 aliphatic carbocycles. The third kappa shape index (κ3) is 8.16. The minimum absolute atomic E-state index is 0.0299. The smallest absolute Gasteiger partial charge is 0.159 e. The Hall–Kier alpha value is -1.18. The fourth-order valence-electron chi connectivity index (χ4n) is 7.22. The van der Waals surface area contributed by atoms with Crippen molar-refractivity contribution in [3.8, 4) is 11.8 Å². The summed E-state index contributed by atoms with van der Waals surface area (Å²) in [6.45, 7) is 2.31. The second-order valence-corrected chi connectivity index (χ2v) is 15.1. The van der Waals surface area contributed by atoms with E-state index in [-0.39, 0.29) is 14.7 Å². The molecule has 1 aromatic rings. The van der Waals surface area contributed by atoms with E-state index in [0.717, 1.165) is 49.5 Å². The first-order valence-corrected chi connectivity index (χ1v) is 17.1. The first kappa shape index (κ1) is 27.8. The third-order valence-corrected chi connectivity index (χ3v) is 12.6. The van der Waals surface area contributed by atoms with Gasteiger partial charge in [-0.1, -0.05) is 87.9 Å². The second-order valence-electron chi connectivity index (χ2n) is 12.1. The maximum Gasteiger partial charge on any atom is 0.159 e. The largest absolute Gasteiger partial charge is 0.380 e. The Morgan fingerprint density at radius 1 is 0.889 bits per heavy atom. The number of rotatable bonds is 8. The molecular formula is C32H47F2OSi. The summed E-state index contributed by atoms with van der Waals surface area (Å²) in [7, 11) is -0.0299. The Balaban J connectivity index is 1.12. The lowest BCUT2D eigenvalue weighted by atomic mass is 9.73. The van der Waals surface area contributed by atoms with Crippen molar-refractivity contribution in [1.82, 2.24) is 0 Å². The Kier molecular flexibility index (Phi) is 10.9. The van der Waals surface area contributed by atoms with Gasteiger partial charge in [0.15, 0.2) is 11.6 Å². The van der Waals surface area contributed by atoms with Gasteiger partial charge in [0, 0.05) is 14.7 Å². The van der Waals surface area contributed by atoms with Gasteiger partial charge in [0.25, 0.3) is 0 Å². The first-order chi connectivity index (χ1) is 17.5. The predicted molar refractivity (Wildman–Crippen MR) is 147 cm³/mol. The number of hydrogen-bond donors (Lipinski definition) is 1. The number of aliphatic hydroxyl groups excluding tert-OH is 1. The van der Waals surface area contributed by atoms with Gasteiger partial charge in [-0.3, -0.25) is 0 Å². The summed E-state index contributed by atoms with van der Waals surface area (Å²) in [5.74, 6) is 8.16. The average Bonchev–Trinajstić information content (AvgIpc) is 2.90. The molecule has 0 aromatic heterocycles. The number of halogens is 2. The zero-order valence-electron chi connectivity index (χ0n) is 22.4. The fourth-order valence-corrected chi connectivity index (χ4v) is 10.3. The van der Waals surface area contributed by atoms with Crippen molar-refractivity contribution in [3.63, 3.8) is 0 Å². The molecule has 0 spiro atoms. The highest BCUT2D eigenvalue weighted by Gasteiger charge is 2.31. The van der Waals surface area contributed by atoms with Gasteiger partial charge in [0.1, 0.15) is 6.10 Å². The first-order valence-electron chi connectivity index (χ1n) is 15.0. The highest BCUT2D eigenvalue weighted by molar-refractivity contribution is 6.58. The van der Waals surface area contributed by atoms with E-state index in [1.165, 1.54) is 69.9 Å². The maximum absolute atomic E-state index is 13.6. The average molecular weight is 514 g/mol. The van der Waals surface area contributed by atoms with Crippen LogP contribution in [0.25, 0.3) is 0 Å². The van der Waals surface area contributed by atoms with Crippen LogP contribution in [0.2, 0.25) is 18.1 Å². The summed E-state index contributed by atoms with van der Waals surface area (Å²) in [5, 5.41) is 10.6. The Bertz CT molecular complexity index is 853. The molecule has 3 aliphatic rings. The van der Waals surface area contributed by atoms with Gasteiger partial charge in [-0.05, 0) is 86.3 Å². The van der Waals surface area contributed by atoms with E-state index in [1.807, 2.05) is 0 Å². The van der Waals surface area contributed by atoms with E-state index in [1.54, 1.807) is 24.2 Å². The van der Waals surface area contributed by atoms with Crippen LogP contribution in [0.5, 0.6) is 0 Å². The molecule has 1 atom stereocenters. The van der Waals surface area contributed by atoms with Crippen molar-refractivity contribution in [2.24, 2.45) is 23.7 Å². The van der Waals surface area contributed by atoms with Gasteiger partial charge in [0.2, 0.25) is 0 Å². The van der Waals surface area contributed by atoms with Crippen molar-refractivity contribution in [2.75, 3.05) is 0 Å². The van der Waals surface area contributed by atoms with Gasteiger partial charge in [0.05, 0.1) is 0 Å². The molecule has 1 nitrogen and oxygen atoms in total. The normalized spacial score (nSPS) is 28.9. The molecule has 1 aliphatic heterocycles. The van der Waals surface area contributed by atoms with Crippen LogP contribution in [0, 0.1) is 47.1 Å². The van der Waals surface area contributed by atoms with E-state index in [9.17, 15) is 13.9 Å². The van der Waals surface area contributed by atoms with Crippen LogP contribution in [0.1, 0.15) is 108 Å². The molecule has 1 N–H and O–H groups in total. The van der Waals surface area contributed by atoms with Crippen LogP contribution in [0.3, 0.4) is 0 Å². The van der Waals surface area contributed by atoms with Gasteiger partial charge in [-0.25, -0.2) is 8.78 Å². The van der Waals surface area contributed by atoms with Crippen LogP contribution in [-0.4, -0.2) is 20.0 Å². The summed E-state index contributed by atoms with van der Waals surface area (Å²) in [4.78, 5) is 0. The van der Waals surface area contributed by atoms with E-state index in [4.69, 9.17) is 0 Å². The molecule has 0 bridgehead atoms.